The Morgan fingerprint density at radius 2 is 1.84 bits per heavy atom. The zero-order valence-electron chi connectivity index (χ0n) is 16.6. The van der Waals surface area contributed by atoms with Crippen LogP contribution < -0.4 is 20.3 Å². The van der Waals surface area contributed by atoms with Gasteiger partial charge < -0.3 is 20.3 Å². The Morgan fingerprint density at radius 1 is 1.13 bits per heavy atom. The van der Waals surface area contributed by atoms with Gasteiger partial charge in [-0.15, -0.1) is 0 Å². The summed E-state index contributed by atoms with van der Waals surface area (Å²) in [5.41, 5.74) is 0.563. The van der Waals surface area contributed by atoms with E-state index in [0.717, 1.165) is 5.82 Å². The summed E-state index contributed by atoms with van der Waals surface area (Å²) in [6, 6.07) is 11.5. The van der Waals surface area contributed by atoms with E-state index in [1.54, 1.807) is 6.20 Å². The van der Waals surface area contributed by atoms with Crippen LogP contribution in [-0.4, -0.2) is 67.9 Å². The minimum atomic E-state index is -3.43. The maximum Gasteiger partial charge on any atom is 0.387 e. The van der Waals surface area contributed by atoms with E-state index in [4.69, 9.17) is 12.2 Å². The fraction of sp³-hybridized carbons (Fsp3) is 0.368. The highest BCUT2D eigenvalue weighted by atomic mass is 32.2. The van der Waals surface area contributed by atoms with Crippen LogP contribution in [0.3, 0.4) is 0 Å². The van der Waals surface area contributed by atoms with Gasteiger partial charge in [-0.3, -0.25) is 0 Å². The van der Waals surface area contributed by atoms with Crippen LogP contribution >= 0.6 is 12.2 Å². The minimum absolute atomic E-state index is 0.0358. The molecule has 12 heteroatoms. The predicted octanol–water partition coefficient (Wildman–Crippen LogP) is 2.12. The minimum Gasteiger partial charge on any atom is -0.435 e. The van der Waals surface area contributed by atoms with Crippen molar-refractivity contribution >= 4 is 38.9 Å². The first-order valence-electron chi connectivity index (χ1n) is 9.57. The maximum atomic E-state index is 12.6. The molecule has 1 aliphatic heterocycles. The molecule has 0 bridgehead atoms. The van der Waals surface area contributed by atoms with Crippen LogP contribution in [0.2, 0.25) is 0 Å². The van der Waals surface area contributed by atoms with Gasteiger partial charge in [-0.1, -0.05) is 6.07 Å². The van der Waals surface area contributed by atoms with E-state index in [-0.39, 0.29) is 23.2 Å². The average Bonchev–Trinajstić information content (AvgIpc) is 2.75. The van der Waals surface area contributed by atoms with E-state index in [1.165, 1.54) is 28.6 Å². The predicted molar refractivity (Wildman–Crippen MR) is 119 cm³/mol. The Hall–Kier alpha value is -2.57. The molecule has 0 spiro atoms. The van der Waals surface area contributed by atoms with Gasteiger partial charge in [-0.25, -0.2) is 13.4 Å². The van der Waals surface area contributed by atoms with Gasteiger partial charge >= 0.3 is 6.61 Å². The molecule has 0 saturated carbocycles. The number of pyridine rings is 1. The van der Waals surface area contributed by atoms with Crippen LogP contribution in [0.4, 0.5) is 20.3 Å². The molecule has 1 aromatic carbocycles. The molecule has 3 rings (SSSR count). The lowest BCUT2D eigenvalue weighted by Crippen LogP contribution is -2.50. The molecular formula is C19H23F2N5O3S2. The third-order valence-corrected chi connectivity index (χ3v) is 6.71. The van der Waals surface area contributed by atoms with Crippen molar-refractivity contribution in [3.8, 4) is 5.75 Å². The zero-order valence-corrected chi connectivity index (χ0v) is 18.2. The fourth-order valence-corrected chi connectivity index (χ4v) is 4.61. The second-order valence-corrected chi connectivity index (χ2v) is 9.17. The monoisotopic (exact) mass is 471 g/mol. The number of nitrogens with zero attached hydrogens (tertiary/aromatic N) is 3. The lowest BCUT2D eigenvalue weighted by molar-refractivity contribution is -0.0498. The summed E-state index contributed by atoms with van der Waals surface area (Å²) in [4.78, 5) is 6.35. The number of hydrogen-bond donors (Lipinski definition) is 2. The summed E-state index contributed by atoms with van der Waals surface area (Å²) >= 11 is 5.16. The Bertz CT molecular complexity index is 954. The number of hydrogen-bond acceptors (Lipinski definition) is 6. The fourth-order valence-electron chi connectivity index (χ4n) is 3.05. The number of sulfonamides is 1. The van der Waals surface area contributed by atoms with Crippen LogP contribution in [-0.2, 0) is 10.0 Å². The number of thiocarbonyl (C=S) groups is 1. The molecule has 168 valence electrons. The first-order chi connectivity index (χ1) is 14.8. The molecule has 2 heterocycles. The van der Waals surface area contributed by atoms with Crippen molar-refractivity contribution in [1.29, 1.82) is 0 Å². The van der Waals surface area contributed by atoms with Crippen molar-refractivity contribution in [1.82, 2.24) is 14.6 Å². The second kappa shape index (κ2) is 10.6. The highest BCUT2D eigenvalue weighted by molar-refractivity contribution is 7.89. The Labute approximate surface area is 185 Å². The molecule has 0 amide bonds. The lowest BCUT2D eigenvalue weighted by atomic mass is 10.3. The molecule has 1 aromatic heterocycles. The topological polar surface area (TPSA) is 86.8 Å². The molecule has 0 aliphatic carbocycles. The summed E-state index contributed by atoms with van der Waals surface area (Å²) in [5, 5.41) is 5.95. The van der Waals surface area contributed by atoms with Gasteiger partial charge in [0.25, 0.3) is 0 Å². The van der Waals surface area contributed by atoms with Crippen molar-refractivity contribution in [2.24, 2.45) is 0 Å². The van der Waals surface area contributed by atoms with Crippen LogP contribution in [0.5, 0.6) is 5.75 Å². The quantitative estimate of drug-likeness (QED) is 0.567. The number of piperazine rings is 1. The summed E-state index contributed by atoms with van der Waals surface area (Å²) in [5.74, 6) is 0.777. The Kier molecular flexibility index (Phi) is 7.93. The second-order valence-electron chi connectivity index (χ2n) is 6.67. The van der Waals surface area contributed by atoms with Crippen LogP contribution in [0, 0.1) is 0 Å². The van der Waals surface area contributed by atoms with E-state index >= 15 is 0 Å². The number of aromatic nitrogens is 1. The normalized spacial score (nSPS) is 15.0. The smallest absolute Gasteiger partial charge is 0.387 e. The molecule has 0 atom stereocenters. The number of alkyl halides is 2. The van der Waals surface area contributed by atoms with Crippen molar-refractivity contribution < 1.29 is 21.9 Å². The SMILES string of the molecule is O=S(=O)(CCNC(=S)Nc1ccc(OC(F)F)cc1)N1CCN(c2ccccn2)CC1. The molecule has 2 aromatic rings. The molecule has 1 aliphatic rings. The first kappa shape index (κ1) is 23.1. The van der Waals surface area contributed by atoms with Gasteiger partial charge in [0, 0.05) is 44.6 Å². The van der Waals surface area contributed by atoms with Gasteiger partial charge in [-0.2, -0.15) is 13.1 Å². The molecule has 1 saturated heterocycles. The third kappa shape index (κ3) is 6.97. The highest BCUT2D eigenvalue weighted by Gasteiger charge is 2.27. The molecule has 1 fully saturated rings. The summed E-state index contributed by atoms with van der Waals surface area (Å²) in [7, 11) is -3.43. The number of rotatable bonds is 8. The number of benzene rings is 1. The standard InChI is InChI=1S/C19H23F2N5O3S2/c20-18(21)29-16-6-4-15(5-7-16)24-19(30)23-9-14-31(27,28)26-12-10-25(11-13-26)17-3-1-2-8-22-17/h1-8,18H,9-14H2,(H2,23,24,30). The van der Waals surface area contributed by atoms with Gasteiger partial charge in [0.05, 0.1) is 5.75 Å². The molecular weight excluding hydrogens is 448 g/mol. The van der Waals surface area contributed by atoms with Crippen LogP contribution in [0.1, 0.15) is 0 Å². The molecule has 2 N–H and O–H groups in total. The Balaban J connectivity index is 1.40. The lowest BCUT2D eigenvalue weighted by Gasteiger charge is -2.34. The molecule has 8 nitrogen and oxygen atoms in total. The van der Waals surface area contributed by atoms with Crippen molar-refractivity contribution in [2.45, 2.75) is 6.61 Å². The zero-order chi connectivity index (χ0) is 22.3. The molecule has 0 radical (unpaired) electrons. The molecule has 0 unspecified atom stereocenters. The van der Waals surface area contributed by atoms with E-state index < -0.39 is 16.6 Å². The summed E-state index contributed by atoms with van der Waals surface area (Å²) < 4.78 is 55.3. The first-order valence-corrected chi connectivity index (χ1v) is 11.6. The van der Waals surface area contributed by atoms with Crippen molar-refractivity contribution in [3.05, 3.63) is 48.7 Å². The van der Waals surface area contributed by atoms with Crippen LogP contribution in [0.25, 0.3) is 0 Å². The van der Waals surface area contributed by atoms with Crippen molar-refractivity contribution in [3.63, 3.8) is 0 Å². The number of nitrogens with one attached hydrogen (secondary N) is 2. The average molecular weight is 472 g/mol. The number of anilines is 2. The maximum absolute atomic E-state index is 12.6. The number of halogens is 2. The summed E-state index contributed by atoms with van der Waals surface area (Å²) in [6.45, 7) is -0.796. The van der Waals surface area contributed by atoms with Gasteiger partial charge in [0.15, 0.2) is 5.11 Å². The van der Waals surface area contributed by atoms with Crippen molar-refractivity contribution in [2.75, 3.05) is 48.7 Å². The van der Waals surface area contributed by atoms with E-state index in [0.29, 0.717) is 31.9 Å². The summed E-state index contributed by atoms with van der Waals surface area (Å²) in [6.07, 6.45) is 1.71. The molecule has 31 heavy (non-hydrogen) atoms. The highest BCUT2D eigenvalue weighted by Crippen LogP contribution is 2.18. The third-order valence-electron chi connectivity index (χ3n) is 4.59. The number of ether oxygens (including phenoxy) is 1. The van der Waals surface area contributed by atoms with E-state index in [1.807, 2.05) is 18.2 Å². The van der Waals surface area contributed by atoms with E-state index in [2.05, 4.69) is 25.3 Å². The van der Waals surface area contributed by atoms with Gasteiger partial charge in [0.1, 0.15) is 11.6 Å². The Morgan fingerprint density at radius 3 is 2.45 bits per heavy atom. The van der Waals surface area contributed by atoms with Crippen LogP contribution in [0.15, 0.2) is 48.7 Å². The van der Waals surface area contributed by atoms with Gasteiger partial charge in [0.2, 0.25) is 10.0 Å². The van der Waals surface area contributed by atoms with E-state index in [9.17, 15) is 17.2 Å². The largest absolute Gasteiger partial charge is 0.435 e. The van der Waals surface area contributed by atoms with Gasteiger partial charge in [-0.05, 0) is 48.6 Å².